The lowest BCUT2D eigenvalue weighted by molar-refractivity contribution is 0.409. The number of ether oxygens (including phenoxy) is 2. The number of fused-ring (bicyclic) bond motifs is 2. The first-order valence-corrected chi connectivity index (χ1v) is 7.26. The van der Waals surface area contributed by atoms with E-state index in [-0.39, 0.29) is 0 Å². The molecule has 1 aliphatic rings. The summed E-state index contributed by atoms with van der Waals surface area (Å²) in [6.07, 6.45) is 0. The van der Waals surface area contributed by atoms with Gasteiger partial charge in [-0.05, 0) is 12.1 Å². The van der Waals surface area contributed by atoms with Gasteiger partial charge >= 0.3 is 0 Å². The second kappa shape index (κ2) is 4.98. The summed E-state index contributed by atoms with van der Waals surface area (Å²) in [7, 11) is 1.58. The first kappa shape index (κ1) is 13.3. The molecule has 0 aromatic heterocycles. The highest BCUT2D eigenvalue weighted by Gasteiger charge is 2.21. The molecule has 98 valence electrons. The fourth-order valence-electron chi connectivity index (χ4n) is 1.74. The summed E-state index contributed by atoms with van der Waals surface area (Å²) >= 11 is 19.6. The largest absolute Gasteiger partial charge is 0.495 e. The SMILES string of the molecule is COc1cc2c(cc1Cl)Oc1cc(Cl)c(Cl)cc1S2. The molecule has 0 fully saturated rings. The van der Waals surface area contributed by atoms with Crippen molar-refractivity contribution in [1.29, 1.82) is 0 Å². The minimum absolute atomic E-state index is 0.462. The Balaban J connectivity index is 2.09. The zero-order valence-electron chi connectivity index (χ0n) is 9.67. The van der Waals surface area contributed by atoms with Gasteiger partial charge in [0.2, 0.25) is 0 Å². The molecule has 0 bridgehead atoms. The van der Waals surface area contributed by atoms with Crippen LogP contribution in [0.15, 0.2) is 34.1 Å². The zero-order valence-corrected chi connectivity index (χ0v) is 12.8. The van der Waals surface area contributed by atoms with Crippen LogP contribution in [0.4, 0.5) is 0 Å². The minimum atomic E-state index is 0.462. The lowest BCUT2D eigenvalue weighted by Gasteiger charge is -2.21. The average Bonchev–Trinajstić information content (AvgIpc) is 2.38. The van der Waals surface area contributed by atoms with Crippen LogP contribution >= 0.6 is 46.6 Å². The Kier molecular flexibility index (Phi) is 3.48. The summed E-state index contributed by atoms with van der Waals surface area (Å²) in [6, 6.07) is 7.06. The van der Waals surface area contributed by atoms with Crippen molar-refractivity contribution in [3.8, 4) is 17.2 Å². The van der Waals surface area contributed by atoms with Gasteiger partial charge in [-0.3, -0.25) is 0 Å². The minimum Gasteiger partial charge on any atom is -0.495 e. The Morgan fingerprint density at radius 1 is 0.895 bits per heavy atom. The Morgan fingerprint density at radius 2 is 1.47 bits per heavy atom. The predicted molar refractivity (Wildman–Crippen MR) is 78.7 cm³/mol. The first-order chi connectivity index (χ1) is 9.08. The molecule has 0 saturated carbocycles. The lowest BCUT2D eigenvalue weighted by atomic mass is 10.3. The van der Waals surface area contributed by atoms with Crippen LogP contribution in [0.5, 0.6) is 17.2 Å². The van der Waals surface area contributed by atoms with Crippen molar-refractivity contribution in [1.82, 2.24) is 0 Å². The standard InChI is InChI=1S/C13H7Cl3O2S/c1-17-9-5-13-11(3-8(9)16)18-10-2-6(14)7(15)4-12(10)19-13/h2-5H,1H3. The van der Waals surface area contributed by atoms with Crippen LogP contribution in [-0.2, 0) is 0 Å². The monoisotopic (exact) mass is 332 g/mol. The second-order valence-corrected chi connectivity index (χ2v) is 6.16. The summed E-state index contributed by atoms with van der Waals surface area (Å²) in [5.41, 5.74) is 0. The van der Waals surface area contributed by atoms with E-state index in [0.29, 0.717) is 32.3 Å². The quantitative estimate of drug-likeness (QED) is 0.551. The maximum absolute atomic E-state index is 6.08. The first-order valence-electron chi connectivity index (χ1n) is 5.31. The van der Waals surface area contributed by atoms with Gasteiger partial charge in [-0.15, -0.1) is 0 Å². The molecule has 2 nitrogen and oxygen atoms in total. The van der Waals surface area contributed by atoms with Gasteiger partial charge in [0, 0.05) is 12.1 Å². The molecule has 2 aromatic rings. The molecular weight excluding hydrogens is 327 g/mol. The molecule has 0 N–H and O–H groups in total. The van der Waals surface area contributed by atoms with Gasteiger partial charge in [-0.2, -0.15) is 0 Å². The Labute approximate surface area is 129 Å². The number of halogens is 3. The fraction of sp³-hybridized carbons (Fsp3) is 0.0769. The fourth-order valence-corrected chi connectivity index (χ4v) is 3.33. The van der Waals surface area contributed by atoms with Crippen LogP contribution in [0.1, 0.15) is 0 Å². The van der Waals surface area contributed by atoms with Crippen LogP contribution in [-0.4, -0.2) is 7.11 Å². The zero-order chi connectivity index (χ0) is 13.6. The normalized spacial score (nSPS) is 12.4. The molecule has 0 aliphatic carbocycles. The summed E-state index contributed by atoms with van der Waals surface area (Å²) in [5.74, 6) is 1.97. The number of hydrogen-bond acceptors (Lipinski definition) is 3. The summed E-state index contributed by atoms with van der Waals surface area (Å²) in [6.45, 7) is 0. The molecular formula is C13H7Cl3O2S. The highest BCUT2D eigenvalue weighted by Crippen LogP contribution is 2.51. The molecule has 1 heterocycles. The topological polar surface area (TPSA) is 18.5 Å². The maximum Gasteiger partial charge on any atom is 0.143 e. The second-order valence-electron chi connectivity index (χ2n) is 3.85. The third-order valence-corrected chi connectivity index (χ3v) is 4.74. The van der Waals surface area contributed by atoms with Gasteiger partial charge in [0.15, 0.2) is 0 Å². The van der Waals surface area contributed by atoms with Crippen LogP contribution in [0.2, 0.25) is 15.1 Å². The number of rotatable bonds is 1. The van der Waals surface area contributed by atoms with Crippen molar-refractivity contribution < 1.29 is 9.47 Å². The lowest BCUT2D eigenvalue weighted by Crippen LogP contribution is -1.96. The number of methoxy groups -OCH3 is 1. The summed E-state index contributed by atoms with van der Waals surface area (Å²) < 4.78 is 11.0. The van der Waals surface area contributed by atoms with E-state index < -0.39 is 0 Å². The molecule has 0 saturated heterocycles. The van der Waals surface area contributed by atoms with Crippen LogP contribution in [0.3, 0.4) is 0 Å². The van der Waals surface area contributed by atoms with E-state index in [0.717, 1.165) is 9.79 Å². The molecule has 6 heteroatoms. The molecule has 1 aliphatic heterocycles. The van der Waals surface area contributed by atoms with Gasteiger partial charge < -0.3 is 9.47 Å². The van der Waals surface area contributed by atoms with Crippen LogP contribution < -0.4 is 9.47 Å². The average molecular weight is 334 g/mol. The van der Waals surface area contributed by atoms with Gasteiger partial charge in [0.25, 0.3) is 0 Å². The van der Waals surface area contributed by atoms with Gasteiger partial charge in [-0.25, -0.2) is 0 Å². The van der Waals surface area contributed by atoms with Crippen molar-refractivity contribution in [3.63, 3.8) is 0 Å². The summed E-state index contributed by atoms with van der Waals surface area (Å²) in [5, 5.41) is 1.47. The van der Waals surface area contributed by atoms with Crippen molar-refractivity contribution in [3.05, 3.63) is 39.3 Å². The molecule has 0 spiro atoms. The van der Waals surface area contributed by atoms with E-state index in [9.17, 15) is 0 Å². The van der Waals surface area contributed by atoms with Crippen molar-refractivity contribution in [2.45, 2.75) is 9.79 Å². The van der Waals surface area contributed by atoms with E-state index in [4.69, 9.17) is 44.3 Å². The van der Waals surface area contributed by atoms with E-state index in [1.807, 2.05) is 6.07 Å². The number of benzene rings is 2. The molecule has 19 heavy (non-hydrogen) atoms. The van der Waals surface area contributed by atoms with Crippen molar-refractivity contribution in [2.24, 2.45) is 0 Å². The highest BCUT2D eigenvalue weighted by molar-refractivity contribution is 7.99. The van der Waals surface area contributed by atoms with E-state index in [1.54, 1.807) is 25.3 Å². The van der Waals surface area contributed by atoms with Gasteiger partial charge in [0.05, 0.1) is 32.0 Å². The maximum atomic E-state index is 6.08. The van der Waals surface area contributed by atoms with E-state index in [2.05, 4.69) is 0 Å². The molecule has 0 atom stereocenters. The molecule has 0 radical (unpaired) electrons. The molecule has 0 amide bonds. The van der Waals surface area contributed by atoms with Crippen LogP contribution in [0, 0.1) is 0 Å². The molecule has 3 rings (SSSR count). The van der Waals surface area contributed by atoms with E-state index in [1.165, 1.54) is 11.8 Å². The van der Waals surface area contributed by atoms with Crippen molar-refractivity contribution >= 4 is 46.6 Å². The highest BCUT2D eigenvalue weighted by atomic mass is 35.5. The van der Waals surface area contributed by atoms with Crippen molar-refractivity contribution in [2.75, 3.05) is 7.11 Å². The predicted octanol–water partition coefficient (Wildman–Crippen LogP) is 5.91. The molecule has 2 aromatic carbocycles. The van der Waals surface area contributed by atoms with E-state index >= 15 is 0 Å². The van der Waals surface area contributed by atoms with Gasteiger partial charge in [0.1, 0.15) is 17.2 Å². The Bertz CT molecular complexity index is 673. The Hall–Kier alpha value is -0.740. The Morgan fingerprint density at radius 3 is 2.16 bits per heavy atom. The molecule has 0 unspecified atom stereocenters. The third-order valence-electron chi connectivity index (χ3n) is 2.64. The van der Waals surface area contributed by atoms with Gasteiger partial charge in [-0.1, -0.05) is 46.6 Å². The third kappa shape index (κ3) is 2.36. The summed E-state index contributed by atoms with van der Waals surface area (Å²) in [4.78, 5) is 1.83. The smallest absolute Gasteiger partial charge is 0.143 e. The van der Waals surface area contributed by atoms with Crippen LogP contribution in [0.25, 0.3) is 0 Å². The number of hydrogen-bond donors (Lipinski definition) is 0.